The van der Waals surface area contributed by atoms with Gasteiger partial charge in [0.05, 0.1) is 18.0 Å². The second-order valence-corrected chi connectivity index (χ2v) is 5.89. The molecule has 112 valence electrons. The van der Waals surface area contributed by atoms with Crippen LogP contribution in [-0.4, -0.2) is 37.7 Å². The first-order chi connectivity index (χ1) is 9.59. The molecule has 0 aromatic heterocycles. The largest absolute Gasteiger partial charge is 0.491 e. The van der Waals surface area contributed by atoms with E-state index in [0.29, 0.717) is 12.3 Å². The minimum Gasteiger partial charge on any atom is -0.491 e. The molecule has 0 spiro atoms. The summed E-state index contributed by atoms with van der Waals surface area (Å²) in [7, 11) is 4.32. The molecule has 0 atom stereocenters. The Morgan fingerprint density at radius 3 is 2.65 bits per heavy atom. The van der Waals surface area contributed by atoms with E-state index in [1.54, 1.807) is 0 Å². The van der Waals surface area contributed by atoms with Crippen molar-refractivity contribution in [2.75, 3.05) is 38.3 Å². The maximum Gasteiger partial charge on any atom is 0.144 e. The fraction of sp³-hybridized carbons (Fsp3) is 0.625. The summed E-state index contributed by atoms with van der Waals surface area (Å²) >= 11 is 0. The molecule has 1 aliphatic carbocycles. The third kappa shape index (κ3) is 3.01. The summed E-state index contributed by atoms with van der Waals surface area (Å²) in [5.74, 6) is 0.782. The zero-order chi connectivity index (χ0) is 14.6. The van der Waals surface area contributed by atoms with Gasteiger partial charge in [0.15, 0.2) is 0 Å². The highest BCUT2D eigenvalue weighted by Crippen LogP contribution is 2.37. The number of ether oxygens (including phenoxy) is 1. The maximum absolute atomic E-state index is 6.19. The molecule has 20 heavy (non-hydrogen) atoms. The van der Waals surface area contributed by atoms with Crippen molar-refractivity contribution >= 4 is 11.4 Å². The Hall–Kier alpha value is -1.42. The molecule has 3 N–H and O–H groups in total. The molecular formula is C16H27N3O. The van der Waals surface area contributed by atoms with Crippen LogP contribution in [0.5, 0.6) is 5.75 Å². The lowest BCUT2D eigenvalue weighted by atomic mass is 9.75. The summed E-state index contributed by atoms with van der Waals surface area (Å²) in [5, 5.41) is 3.51. The van der Waals surface area contributed by atoms with Gasteiger partial charge in [-0.2, -0.15) is 0 Å². The van der Waals surface area contributed by atoms with Crippen molar-refractivity contribution in [3.63, 3.8) is 0 Å². The number of nitrogen functional groups attached to an aromatic ring is 1. The van der Waals surface area contributed by atoms with Gasteiger partial charge in [-0.25, -0.2) is 0 Å². The minimum absolute atomic E-state index is 0.284. The Labute approximate surface area is 122 Å². The highest BCUT2D eigenvalue weighted by atomic mass is 16.5. The topological polar surface area (TPSA) is 50.5 Å². The van der Waals surface area contributed by atoms with Gasteiger partial charge in [-0.05, 0) is 51.9 Å². The standard InChI is InChI=1S/C16H27N3O/c1-4-11-20-14-8-5-7-13(15(14)17)18-12-16(19(2)3)9-6-10-16/h5,7-8,18H,4,6,9-12,17H2,1-3H3. The Kier molecular flexibility index (Phi) is 4.76. The molecule has 1 aromatic carbocycles. The molecular weight excluding hydrogens is 250 g/mol. The van der Waals surface area contributed by atoms with Crippen LogP contribution in [0, 0.1) is 0 Å². The third-order valence-corrected chi connectivity index (χ3v) is 4.37. The lowest BCUT2D eigenvalue weighted by Crippen LogP contribution is -2.54. The van der Waals surface area contributed by atoms with E-state index >= 15 is 0 Å². The van der Waals surface area contributed by atoms with Crippen molar-refractivity contribution in [1.29, 1.82) is 0 Å². The zero-order valence-corrected chi connectivity index (χ0v) is 12.9. The molecule has 0 bridgehead atoms. The van der Waals surface area contributed by atoms with E-state index < -0.39 is 0 Å². The normalized spacial score (nSPS) is 16.8. The van der Waals surface area contributed by atoms with Crippen molar-refractivity contribution in [2.24, 2.45) is 0 Å². The quantitative estimate of drug-likeness (QED) is 0.752. The van der Waals surface area contributed by atoms with E-state index in [0.717, 1.165) is 24.4 Å². The van der Waals surface area contributed by atoms with E-state index in [2.05, 4.69) is 31.2 Å². The number of rotatable bonds is 7. The highest BCUT2D eigenvalue weighted by molar-refractivity contribution is 5.73. The van der Waals surface area contributed by atoms with Crippen LogP contribution in [0.3, 0.4) is 0 Å². The molecule has 4 heteroatoms. The average molecular weight is 277 g/mol. The van der Waals surface area contributed by atoms with Crippen molar-refractivity contribution in [3.8, 4) is 5.75 Å². The number of hydrogen-bond acceptors (Lipinski definition) is 4. The number of anilines is 2. The SMILES string of the molecule is CCCOc1cccc(NCC2(N(C)C)CCC2)c1N. The van der Waals surface area contributed by atoms with Crippen molar-refractivity contribution in [1.82, 2.24) is 4.90 Å². The fourth-order valence-corrected chi connectivity index (χ4v) is 2.66. The summed E-state index contributed by atoms with van der Waals surface area (Å²) < 4.78 is 5.67. The molecule has 0 radical (unpaired) electrons. The summed E-state index contributed by atoms with van der Waals surface area (Å²) in [6, 6.07) is 5.95. The predicted molar refractivity (Wildman–Crippen MR) is 85.4 cm³/mol. The first-order valence-corrected chi connectivity index (χ1v) is 7.51. The van der Waals surface area contributed by atoms with Crippen LogP contribution in [0.1, 0.15) is 32.6 Å². The van der Waals surface area contributed by atoms with Gasteiger partial charge in [0, 0.05) is 12.1 Å². The van der Waals surface area contributed by atoms with Gasteiger partial charge >= 0.3 is 0 Å². The van der Waals surface area contributed by atoms with Gasteiger partial charge in [-0.15, -0.1) is 0 Å². The fourth-order valence-electron chi connectivity index (χ4n) is 2.66. The van der Waals surface area contributed by atoms with Crippen molar-refractivity contribution in [3.05, 3.63) is 18.2 Å². The number of hydrogen-bond donors (Lipinski definition) is 2. The van der Waals surface area contributed by atoms with Gasteiger partial charge in [0.25, 0.3) is 0 Å². The number of likely N-dealkylation sites (N-methyl/N-ethyl adjacent to an activating group) is 1. The molecule has 0 amide bonds. The average Bonchev–Trinajstić information content (AvgIpc) is 2.37. The maximum atomic E-state index is 6.19. The van der Waals surface area contributed by atoms with Gasteiger partial charge < -0.3 is 20.7 Å². The Balaban J connectivity index is 2.02. The molecule has 2 rings (SSSR count). The second kappa shape index (κ2) is 6.35. The molecule has 1 fully saturated rings. The lowest BCUT2D eigenvalue weighted by molar-refractivity contribution is 0.0739. The van der Waals surface area contributed by atoms with E-state index in [1.807, 2.05) is 18.2 Å². The van der Waals surface area contributed by atoms with E-state index in [9.17, 15) is 0 Å². The van der Waals surface area contributed by atoms with Crippen molar-refractivity contribution < 1.29 is 4.74 Å². The number of para-hydroxylation sites is 1. The van der Waals surface area contributed by atoms with Gasteiger partial charge in [-0.3, -0.25) is 0 Å². The highest BCUT2D eigenvalue weighted by Gasteiger charge is 2.38. The molecule has 0 saturated heterocycles. The molecule has 4 nitrogen and oxygen atoms in total. The minimum atomic E-state index is 0.284. The third-order valence-electron chi connectivity index (χ3n) is 4.37. The van der Waals surface area contributed by atoms with Crippen LogP contribution < -0.4 is 15.8 Å². The Morgan fingerprint density at radius 1 is 1.35 bits per heavy atom. The van der Waals surface area contributed by atoms with Crippen molar-refractivity contribution in [2.45, 2.75) is 38.1 Å². The molecule has 1 aliphatic rings. The number of nitrogens with one attached hydrogen (secondary N) is 1. The first kappa shape index (κ1) is 15.0. The number of nitrogens with zero attached hydrogens (tertiary/aromatic N) is 1. The predicted octanol–water partition coefficient (Wildman–Crippen LogP) is 2.95. The summed E-state index contributed by atoms with van der Waals surface area (Å²) in [4.78, 5) is 2.33. The smallest absolute Gasteiger partial charge is 0.144 e. The zero-order valence-electron chi connectivity index (χ0n) is 12.9. The Bertz CT molecular complexity index is 441. The Morgan fingerprint density at radius 2 is 2.10 bits per heavy atom. The summed E-state index contributed by atoms with van der Waals surface area (Å²) in [6.07, 6.45) is 4.80. The molecule has 0 heterocycles. The second-order valence-electron chi connectivity index (χ2n) is 5.89. The van der Waals surface area contributed by atoms with Crippen LogP contribution >= 0.6 is 0 Å². The number of benzene rings is 1. The molecule has 1 saturated carbocycles. The van der Waals surface area contributed by atoms with Crippen LogP contribution in [0.25, 0.3) is 0 Å². The van der Waals surface area contributed by atoms with E-state index in [-0.39, 0.29) is 5.54 Å². The lowest BCUT2D eigenvalue weighted by Gasteiger charge is -2.47. The van der Waals surface area contributed by atoms with Crippen LogP contribution in [0.4, 0.5) is 11.4 Å². The van der Waals surface area contributed by atoms with Crippen LogP contribution in [0.15, 0.2) is 18.2 Å². The summed E-state index contributed by atoms with van der Waals surface area (Å²) in [5.41, 5.74) is 8.17. The van der Waals surface area contributed by atoms with Crippen LogP contribution in [0.2, 0.25) is 0 Å². The van der Waals surface area contributed by atoms with Gasteiger partial charge in [0.1, 0.15) is 5.75 Å². The first-order valence-electron chi connectivity index (χ1n) is 7.51. The molecule has 0 unspecified atom stereocenters. The number of nitrogens with two attached hydrogens (primary N) is 1. The molecule has 1 aromatic rings. The molecule has 0 aliphatic heterocycles. The van der Waals surface area contributed by atoms with E-state index in [1.165, 1.54) is 19.3 Å². The van der Waals surface area contributed by atoms with Gasteiger partial charge in [-0.1, -0.05) is 13.0 Å². The monoisotopic (exact) mass is 277 g/mol. The van der Waals surface area contributed by atoms with Gasteiger partial charge in [0.2, 0.25) is 0 Å². The van der Waals surface area contributed by atoms with Crippen LogP contribution in [-0.2, 0) is 0 Å². The van der Waals surface area contributed by atoms with E-state index in [4.69, 9.17) is 10.5 Å². The summed E-state index contributed by atoms with van der Waals surface area (Å²) in [6.45, 7) is 3.73.